The molecule has 10 heteroatoms. The van der Waals surface area contributed by atoms with Gasteiger partial charge in [0.1, 0.15) is 11.8 Å². The van der Waals surface area contributed by atoms with Crippen LogP contribution in [0.25, 0.3) is 0 Å². The van der Waals surface area contributed by atoms with E-state index in [2.05, 4.69) is 0 Å². The number of hydrogen-bond acceptors (Lipinski definition) is 7. The predicted octanol–water partition coefficient (Wildman–Crippen LogP) is 0.874. The number of carbonyl (C=O) groups excluding carboxylic acids is 1. The van der Waals surface area contributed by atoms with Gasteiger partial charge in [-0.15, -0.1) is 0 Å². The van der Waals surface area contributed by atoms with Crippen molar-refractivity contribution >= 4 is 15.9 Å². The number of carbonyl (C=O) groups is 1. The van der Waals surface area contributed by atoms with Crippen LogP contribution in [-0.4, -0.2) is 61.5 Å². The molecule has 0 aliphatic carbocycles. The molecule has 0 radical (unpaired) electrons. The molecule has 2 saturated heterocycles. The van der Waals surface area contributed by atoms with Gasteiger partial charge in [-0.3, -0.25) is 10.0 Å². The third kappa shape index (κ3) is 3.81. The fraction of sp³-hybridized carbons (Fsp3) is 0.588. The number of rotatable bonds is 4. The standard InChI is InChI=1S/C17H24N2O7S/c1-11-8-12(2)26-17(25-11)9-15(16(20)18-21)19(10-17)27(22,23)14-6-4-13(24-3)5-7-14/h4-7,11-12,15,21H,8-10H2,1-3H3,(H,18,20)/t11-,12?,15+,17?/m1/s1. The summed E-state index contributed by atoms with van der Waals surface area (Å²) in [5, 5.41) is 9.09. The molecule has 9 nitrogen and oxygen atoms in total. The van der Waals surface area contributed by atoms with Gasteiger partial charge in [0.05, 0.1) is 30.8 Å². The topological polar surface area (TPSA) is 114 Å². The van der Waals surface area contributed by atoms with E-state index < -0.39 is 27.8 Å². The van der Waals surface area contributed by atoms with Crippen LogP contribution in [0.2, 0.25) is 0 Å². The van der Waals surface area contributed by atoms with Gasteiger partial charge in [-0.1, -0.05) is 0 Å². The summed E-state index contributed by atoms with van der Waals surface area (Å²) in [6, 6.07) is 4.71. The van der Waals surface area contributed by atoms with Crippen LogP contribution >= 0.6 is 0 Å². The first-order valence-electron chi connectivity index (χ1n) is 8.66. The van der Waals surface area contributed by atoms with Gasteiger partial charge in [0.25, 0.3) is 5.91 Å². The van der Waals surface area contributed by atoms with E-state index in [9.17, 15) is 13.2 Å². The summed E-state index contributed by atoms with van der Waals surface area (Å²) in [5.74, 6) is -1.55. The molecular formula is C17H24N2O7S. The number of ether oxygens (including phenoxy) is 3. The first-order valence-corrected chi connectivity index (χ1v) is 10.1. The maximum Gasteiger partial charge on any atom is 0.261 e. The van der Waals surface area contributed by atoms with Gasteiger partial charge in [0.15, 0.2) is 5.79 Å². The lowest BCUT2D eigenvalue weighted by Crippen LogP contribution is -2.49. The maximum atomic E-state index is 13.2. The number of hydroxylamine groups is 1. The van der Waals surface area contributed by atoms with Crippen molar-refractivity contribution in [1.82, 2.24) is 9.79 Å². The van der Waals surface area contributed by atoms with Crippen LogP contribution in [0.4, 0.5) is 0 Å². The van der Waals surface area contributed by atoms with Crippen molar-refractivity contribution in [3.05, 3.63) is 24.3 Å². The molecule has 3 rings (SSSR count). The number of methoxy groups -OCH3 is 1. The first kappa shape index (κ1) is 20.0. The molecule has 2 fully saturated rings. The molecule has 1 spiro atoms. The molecule has 0 bridgehead atoms. The average molecular weight is 400 g/mol. The fourth-order valence-corrected chi connectivity index (χ4v) is 5.36. The molecule has 2 N–H and O–H groups in total. The van der Waals surface area contributed by atoms with E-state index in [1.807, 2.05) is 13.8 Å². The van der Waals surface area contributed by atoms with Crippen molar-refractivity contribution in [1.29, 1.82) is 0 Å². The monoisotopic (exact) mass is 400 g/mol. The molecule has 1 aromatic rings. The van der Waals surface area contributed by atoms with Gasteiger partial charge in [-0.25, -0.2) is 13.9 Å². The highest BCUT2D eigenvalue weighted by molar-refractivity contribution is 7.89. The molecule has 2 aliphatic rings. The normalized spacial score (nSPS) is 31.8. The van der Waals surface area contributed by atoms with Gasteiger partial charge in [-0.2, -0.15) is 4.31 Å². The highest BCUT2D eigenvalue weighted by Gasteiger charge is 2.56. The largest absolute Gasteiger partial charge is 0.497 e. The van der Waals surface area contributed by atoms with E-state index in [1.54, 1.807) is 5.48 Å². The van der Waals surface area contributed by atoms with Crippen molar-refractivity contribution in [2.45, 2.75) is 55.6 Å². The molecule has 1 amide bonds. The summed E-state index contributed by atoms with van der Waals surface area (Å²) >= 11 is 0. The summed E-state index contributed by atoms with van der Waals surface area (Å²) in [6.45, 7) is 3.61. The Morgan fingerprint density at radius 2 is 1.85 bits per heavy atom. The Morgan fingerprint density at radius 1 is 1.26 bits per heavy atom. The van der Waals surface area contributed by atoms with Crippen molar-refractivity contribution in [2.75, 3.05) is 13.7 Å². The minimum atomic E-state index is -4.03. The van der Waals surface area contributed by atoms with Crippen molar-refractivity contribution in [3.63, 3.8) is 0 Å². The minimum absolute atomic E-state index is 0.00740. The first-order chi connectivity index (χ1) is 12.7. The third-order valence-electron chi connectivity index (χ3n) is 4.82. The number of nitrogens with one attached hydrogen (secondary N) is 1. The highest BCUT2D eigenvalue weighted by Crippen LogP contribution is 2.40. The summed E-state index contributed by atoms with van der Waals surface area (Å²) in [7, 11) is -2.55. The fourth-order valence-electron chi connectivity index (χ4n) is 3.74. The average Bonchev–Trinajstić information content (AvgIpc) is 2.99. The molecule has 27 heavy (non-hydrogen) atoms. The molecule has 2 aliphatic heterocycles. The van der Waals surface area contributed by atoms with Crippen LogP contribution in [0.5, 0.6) is 5.75 Å². The van der Waals surface area contributed by atoms with Crippen molar-refractivity contribution in [3.8, 4) is 5.75 Å². The van der Waals surface area contributed by atoms with Gasteiger partial charge in [-0.05, 0) is 44.5 Å². The van der Waals surface area contributed by atoms with E-state index >= 15 is 0 Å². The summed E-state index contributed by atoms with van der Waals surface area (Å²) in [5.41, 5.74) is 1.55. The molecular weight excluding hydrogens is 376 g/mol. The molecule has 1 aromatic carbocycles. The zero-order chi connectivity index (χ0) is 19.8. The zero-order valence-corrected chi connectivity index (χ0v) is 16.2. The lowest BCUT2D eigenvalue weighted by molar-refractivity contribution is -0.302. The Morgan fingerprint density at radius 3 is 2.37 bits per heavy atom. The Bertz CT molecular complexity index is 786. The Kier molecular flexibility index (Phi) is 5.46. The maximum absolute atomic E-state index is 13.2. The van der Waals surface area contributed by atoms with Crippen molar-refractivity contribution < 1.29 is 32.6 Å². The van der Waals surface area contributed by atoms with E-state index in [0.29, 0.717) is 12.2 Å². The van der Waals surface area contributed by atoms with Crippen LogP contribution in [0.1, 0.15) is 26.7 Å². The third-order valence-corrected chi connectivity index (χ3v) is 6.69. The van der Waals surface area contributed by atoms with E-state index in [1.165, 1.54) is 31.4 Å². The van der Waals surface area contributed by atoms with E-state index in [-0.39, 0.29) is 30.1 Å². The summed E-state index contributed by atoms with van der Waals surface area (Å²) in [6.07, 6.45) is 0.373. The number of benzene rings is 1. The summed E-state index contributed by atoms with van der Waals surface area (Å²) in [4.78, 5) is 12.2. The molecule has 2 unspecified atom stereocenters. The van der Waals surface area contributed by atoms with Crippen LogP contribution in [0.3, 0.4) is 0 Å². The second-order valence-corrected chi connectivity index (χ2v) is 8.82. The Labute approximate surface area is 158 Å². The number of hydrogen-bond donors (Lipinski definition) is 2. The molecule has 0 saturated carbocycles. The Balaban J connectivity index is 1.96. The van der Waals surface area contributed by atoms with Crippen LogP contribution in [0, 0.1) is 0 Å². The van der Waals surface area contributed by atoms with Crippen LogP contribution in [-0.2, 0) is 24.3 Å². The number of sulfonamides is 1. The predicted molar refractivity (Wildman–Crippen MR) is 93.7 cm³/mol. The van der Waals surface area contributed by atoms with Gasteiger partial charge >= 0.3 is 0 Å². The van der Waals surface area contributed by atoms with Gasteiger partial charge in [0, 0.05) is 6.42 Å². The van der Waals surface area contributed by atoms with Crippen molar-refractivity contribution in [2.24, 2.45) is 0 Å². The Hall–Kier alpha value is -1.72. The minimum Gasteiger partial charge on any atom is -0.497 e. The quantitative estimate of drug-likeness (QED) is 0.569. The lowest BCUT2D eigenvalue weighted by Gasteiger charge is -2.40. The second-order valence-electron chi connectivity index (χ2n) is 6.93. The molecule has 2 heterocycles. The zero-order valence-electron chi connectivity index (χ0n) is 15.4. The molecule has 4 atom stereocenters. The number of amides is 1. The van der Waals surface area contributed by atoms with Crippen LogP contribution < -0.4 is 10.2 Å². The second kappa shape index (κ2) is 7.36. The summed E-state index contributed by atoms with van der Waals surface area (Å²) < 4.78 is 44.2. The van der Waals surface area contributed by atoms with Crippen LogP contribution in [0.15, 0.2) is 29.2 Å². The van der Waals surface area contributed by atoms with Gasteiger partial charge in [0.2, 0.25) is 10.0 Å². The lowest BCUT2D eigenvalue weighted by atomic mass is 10.1. The smallest absolute Gasteiger partial charge is 0.261 e. The van der Waals surface area contributed by atoms with Gasteiger partial charge < -0.3 is 14.2 Å². The van der Waals surface area contributed by atoms with E-state index in [4.69, 9.17) is 19.4 Å². The number of nitrogens with zero attached hydrogens (tertiary/aromatic N) is 1. The van der Waals surface area contributed by atoms with E-state index in [0.717, 1.165) is 4.31 Å². The highest BCUT2D eigenvalue weighted by atomic mass is 32.2. The molecule has 0 aromatic heterocycles. The SMILES string of the molecule is COc1ccc(S(=O)(=O)N2CC3(C[C@H]2C(=O)NO)OC(C)C[C@@H](C)O3)cc1. The molecule has 150 valence electrons.